The number of aliphatic hydroxyl groups excluding tert-OH is 4. The molecule has 1 aliphatic carbocycles. The summed E-state index contributed by atoms with van der Waals surface area (Å²) in [6.07, 6.45) is 20.3. The number of ether oxygens (including phenoxy) is 7. The maximum Gasteiger partial charge on any atom is 0.407 e. The van der Waals surface area contributed by atoms with E-state index in [0.29, 0.717) is 62.8 Å². The molecule has 19 nitrogen and oxygen atoms in total. The van der Waals surface area contributed by atoms with Gasteiger partial charge in [-0.1, -0.05) is 102 Å². The Kier molecular flexibility index (Phi) is 36.8. The van der Waals surface area contributed by atoms with Crippen LogP contribution in [-0.4, -0.2) is 164 Å². The Morgan fingerprint density at radius 3 is 1.45 bits per heavy atom. The molecule has 4 saturated heterocycles. The first-order valence-electron chi connectivity index (χ1n) is 37.1. The van der Waals surface area contributed by atoms with Crippen LogP contribution in [0.25, 0.3) is 11.1 Å². The predicted octanol–water partition coefficient (Wildman–Crippen LogP) is 12.9. The lowest BCUT2D eigenvalue weighted by Gasteiger charge is -2.48. The molecule has 7 N–H and O–H groups in total. The second-order valence-electron chi connectivity index (χ2n) is 29.3. The first kappa shape index (κ1) is 83.7. The predicted molar refractivity (Wildman–Crippen MR) is 383 cm³/mol. The molecule has 7 rings (SSSR count). The van der Waals surface area contributed by atoms with E-state index in [2.05, 4.69) is 84.8 Å². The van der Waals surface area contributed by atoms with Gasteiger partial charge in [-0.05, 0) is 188 Å². The van der Waals surface area contributed by atoms with Crippen LogP contribution in [0.2, 0.25) is 0 Å². The Balaban J connectivity index is 0.000000330. The fraction of sp³-hybridized carbons (Fsp3) is 0.734. The van der Waals surface area contributed by atoms with Crippen LogP contribution in [0.1, 0.15) is 234 Å². The van der Waals surface area contributed by atoms with Crippen molar-refractivity contribution in [1.29, 1.82) is 0 Å². The number of carbonyl (C=O) groups excluding carboxylic acids is 5. The van der Waals surface area contributed by atoms with Crippen LogP contribution < -0.4 is 16.0 Å². The van der Waals surface area contributed by atoms with Crippen molar-refractivity contribution < 1.29 is 77.6 Å². The molecular formula is C79H127N3O16. The average Bonchev–Trinajstić information content (AvgIpc) is 0.969. The second kappa shape index (κ2) is 43.1. The van der Waals surface area contributed by atoms with Gasteiger partial charge in [0.25, 0.3) is 0 Å². The van der Waals surface area contributed by atoms with Crippen LogP contribution in [0.5, 0.6) is 0 Å². The lowest BCUT2D eigenvalue weighted by Crippen LogP contribution is -2.50. The molecule has 5 aliphatic rings. The number of fused-ring (bicyclic) bond motifs is 3. The number of Topliss-reactive ketones (excluding diaryl/α,β-unsaturated/α-hetero) is 2. The van der Waals surface area contributed by atoms with Crippen molar-refractivity contribution in [2.24, 2.45) is 35.5 Å². The SMILES string of the molecule is C/C(=C\[C@@H](C)CC[C@@H]1CCC[C@]2(CCC(C)[C@@H](CCCNC(=O)[C@@H](C)[C@@H](O)CNC(=O)OCC3c4ccccc4-c4ccccc43)O2)O1)[C@H](C)O.COCCC(=O)CC[C@H](O)[C@H](C)C(=O)NCCC[C@H]1O[C@@]2(CCC[C@@H](CC[C@H](C)/C=C(\C)[C@H](C)O)O2)CCC1C.COCCC(C)=O. The fourth-order valence-corrected chi connectivity index (χ4v) is 13.9. The number of methoxy groups -OCH3 is 2. The molecule has 3 amide bonds. The first-order chi connectivity index (χ1) is 46.7. The minimum Gasteiger partial charge on any atom is -0.449 e. The van der Waals surface area contributed by atoms with Crippen molar-refractivity contribution in [3.8, 4) is 11.1 Å². The number of hydrogen-bond acceptors (Lipinski definition) is 16. The highest BCUT2D eigenvalue weighted by Gasteiger charge is 2.46. The van der Waals surface area contributed by atoms with Crippen LogP contribution in [-0.2, 0) is 52.3 Å². The van der Waals surface area contributed by atoms with Crippen molar-refractivity contribution in [2.45, 2.75) is 284 Å². The number of ketones is 2. The van der Waals surface area contributed by atoms with Gasteiger partial charge in [-0.2, -0.15) is 0 Å². The molecule has 0 radical (unpaired) electrons. The number of carbonyl (C=O) groups is 5. The zero-order chi connectivity index (χ0) is 72.0. The third kappa shape index (κ3) is 28.1. The third-order valence-electron chi connectivity index (χ3n) is 20.9. The lowest BCUT2D eigenvalue weighted by molar-refractivity contribution is -0.324. The third-order valence-corrected chi connectivity index (χ3v) is 20.9. The minimum atomic E-state index is -1.05. The van der Waals surface area contributed by atoms with Crippen LogP contribution in [0, 0.1) is 35.5 Å². The normalized spacial score (nSPS) is 25.7. The van der Waals surface area contributed by atoms with Crippen LogP contribution in [0.4, 0.5) is 4.79 Å². The highest BCUT2D eigenvalue weighted by molar-refractivity contribution is 5.81. The number of rotatable bonds is 35. The first-order valence-corrected chi connectivity index (χ1v) is 37.1. The smallest absolute Gasteiger partial charge is 0.407 e. The topological polar surface area (TPSA) is 267 Å². The Hall–Kier alpha value is -4.93. The van der Waals surface area contributed by atoms with Gasteiger partial charge in [-0.3, -0.25) is 19.2 Å². The van der Waals surface area contributed by atoms with E-state index >= 15 is 0 Å². The molecule has 98 heavy (non-hydrogen) atoms. The van der Waals surface area contributed by atoms with Gasteiger partial charge in [0.1, 0.15) is 18.2 Å². The van der Waals surface area contributed by atoms with Crippen molar-refractivity contribution in [2.75, 3.05) is 53.7 Å². The van der Waals surface area contributed by atoms with Crippen molar-refractivity contribution in [3.63, 3.8) is 0 Å². The molecule has 16 atom stereocenters. The number of nitrogens with one attached hydrogen (secondary N) is 3. The molecule has 0 bridgehead atoms. The summed E-state index contributed by atoms with van der Waals surface area (Å²) in [4.78, 5) is 59.9. The van der Waals surface area contributed by atoms with E-state index in [1.165, 1.54) is 0 Å². The molecule has 2 unspecified atom stereocenters. The molecule has 0 saturated carbocycles. The van der Waals surface area contributed by atoms with Crippen LogP contribution in [0.15, 0.2) is 71.8 Å². The Morgan fingerprint density at radius 1 is 0.561 bits per heavy atom. The van der Waals surface area contributed by atoms with Gasteiger partial charge in [0.15, 0.2) is 11.6 Å². The molecule has 2 aromatic rings. The number of benzene rings is 2. The van der Waals surface area contributed by atoms with E-state index in [-0.39, 0.29) is 79.7 Å². The van der Waals surface area contributed by atoms with Gasteiger partial charge in [0, 0.05) is 84.7 Å². The molecule has 4 aliphatic heterocycles. The van der Waals surface area contributed by atoms with Gasteiger partial charge < -0.3 is 69.5 Å². The maximum absolute atomic E-state index is 12.9. The number of allylic oxidation sites excluding steroid dienone is 2. The number of alkyl carbamates (subject to hydrolysis) is 1. The second-order valence-corrected chi connectivity index (χ2v) is 29.3. The highest BCUT2D eigenvalue weighted by Crippen LogP contribution is 2.46. The maximum atomic E-state index is 12.9. The Morgan fingerprint density at radius 2 is 1.01 bits per heavy atom. The summed E-state index contributed by atoms with van der Waals surface area (Å²) in [5, 5.41) is 49.2. The monoisotopic (exact) mass is 1370 g/mol. The van der Waals surface area contributed by atoms with E-state index in [4.69, 9.17) is 28.4 Å². The van der Waals surface area contributed by atoms with Crippen LogP contribution in [0.3, 0.4) is 0 Å². The summed E-state index contributed by atoms with van der Waals surface area (Å²) < 4.78 is 41.8. The number of hydrogen-bond donors (Lipinski definition) is 7. The van der Waals surface area contributed by atoms with Crippen molar-refractivity contribution in [3.05, 3.63) is 83.0 Å². The summed E-state index contributed by atoms with van der Waals surface area (Å²) in [6, 6.07) is 16.3. The van der Waals surface area contributed by atoms with E-state index in [0.717, 1.165) is 149 Å². The summed E-state index contributed by atoms with van der Waals surface area (Å²) in [7, 11) is 3.14. The molecule has 2 spiro atoms. The van der Waals surface area contributed by atoms with E-state index in [1.54, 1.807) is 48.8 Å². The van der Waals surface area contributed by atoms with Crippen molar-refractivity contribution >= 4 is 29.5 Å². The molecule has 0 aromatic heterocycles. The zero-order valence-electron chi connectivity index (χ0n) is 61.9. The summed E-state index contributed by atoms with van der Waals surface area (Å²) in [6.45, 7) is 23.4. The molecule has 2 aromatic carbocycles. The van der Waals surface area contributed by atoms with E-state index in [9.17, 15) is 44.4 Å². The molecule has 4 fully saturated rings. The fourth-order valence-electron chi connectivity index (χ4n) is 13.9. The minimum absolute atomic E-state index is 0.0376. The van der Waals surface area contributed by atoms with Gasteiger partial charge in [0.2, 0.25) is 11.8 Å². The van der Waals surface area contributed by atoms with Gasteiger partial charge in [-0.25, -0.2) is 4.79 Å². The largest absolute Gasteiger partial charge is 0.449 e. The van der Waals surface area contributed by atoms with Crippen LogP contribution >= 0.6 is 0 Å². The van der Waals surface area contributed by atoms with E-state index in [1.807, 2.05) is 38.1 Å². The molecule has 554 valence electrons. The Labute approximate surface area is 587 Å². The zero-order valence-corrected chi connectivity index (χ0v) is 61.9. The molecule has 19 heteroatoms. The van der Waals surface area contributed by atoms with Gasteiger partial charge in [0.05, 0.1) is 73.9 Å². The standard InChI is InChI=1S/C42H60N2O7.C32H57NO7.C5H10O2/c1-27(24-29(3)31(5)45)18-19-32-12-10-21-42(50-32)22-20-28(2)39(51-42)17-11-23-43-40(47)30(4)38(46)25-44-41(48)49-26-37-35-15-8-6-13-33(35)34-14-7-9-16-36(34)37;1-22(21-24(3)26(5)34)11-13-28-9-7-17-32(39-28)18-15-23(2)30(40-32)10-8-19-33-31(37)25(4)29(36)14-12-27(35)16-20-38-6;1-5(6)3-4-7-2/h6-9,13-16,24,27-28,30-32,37-39,45-46H,10-12,17-23,25-26H2,1-5H3,(H,43,47)(H,44,48);21-23,25-26,28-30,34,36H,7-20H2,1-6H3,(H,33,37);3-4H2,1-2H3/b29-24+;24-21+;/t27-,28?,30-,31-,32-,38-,39+,42-;22-,23?,25-,26-,28-,29-,30+,32-;/m00./s1. The Bertz CT molecular complexity index is 2750. The van der Waals surface area contributed by atoms with Gasteiger partial charge in [-0.15, -0.1) is 0 Å². The average molecular weight is 1370 g/mol. The van der Waals surface area contributed by atoms with E-state index < -0.39 is 53.9 Å². The summed E-state index contributed by atoms with van der Waals surface area (Å²) in [5.41, 5.74) is 6.61. The lowest BCUT2D eigenvalue weighted by atomic mass is 9.85. The number of amides is 3. The van der Waals surface area contributed by atoms with Crippen molar-refractivity contribution in [1.82, 2.24) is 16.0 Å². The summed E-state index contributed by atoms with van der Waals surface area (Å²) >= 11 is 0. The quantitative estimate of drug-likeness (QED) is 0.0250. The molecular weight excluding hydrogens is 1250 g/mol. The van der Waals surface area contributed by atoms with Gasteiger partial charge >= 0.3 is 6.09 Å². The summed E-state index contributed by atoms with van der Waals surface area (Å²) in [5.74, 6) is -0.898. The molecule has 4 heterocycles. The highest BCUT2D eigenvalue weighted by atomic mass is 16.7. The number of aliphatic hydroxyl groups is 4.